The highest BCUT2D eigenvalue weighted by Crippen LogP contribution is 2.27. The highest BCUT2D eigenvalue weighted by Gasteiger charge is 2.21. The van der Waals surface area contributed by atoms with Gasteiger partial charge < -0.3 is 15.0 Å². The zero-order chi connectivity index (χ0) is 23.0. The van der Waals surface area contributed by atoms with E-state index in [1.807, 2.05) is 61.8 Å². The normalized spacial score (nSPS) is 15.2. The Kier molecular flexibility index (Phi) is 7.58. The van der Waals surface area contributed by atoms with Gasteiger partial charge in [0.25, 0.3) is 5.91 Å². The Balaban J connectivity index is 1.31. The standard InChI is InChI=1S/C27H32N4O2/c1-21-7-9-24(10-8-21)33-22(2)27(32)29-25-5-3-4-6-26(25)31-19-17-30(18-20-31)16-13-23-11-14-28-15-12-23/h3-12,14-15,22H,13,16-20H2,1-2H3,(H,29,32). The van der Waals surface area contributed by atoms with Crippen molar-refractivity contribution in [1.82, 2.24) is 9.88 Å². The topological polar surface area (TPSA) is 57.7 Å². The van der Waals surface area contributed by atoms with E-state index in [1.54, 1.807) is 6.92 Å². The van der Waals surface area contributed by atoms with Gasteiger partial charge in [0.05, 0.1) is 11.4 Å². The van der Waals surface area contributed by atoms with Crippen molar-refractivity contribution in [2.75, 3.05) is 42.9 Å². The van der Waals surface area contributed by atoms with Crippen LogP contribution in [-0.2, 0) is 11.2 Å². The lowest BCUT2D eigenvalue weighted by Gasteiger charge is -2.37. The summed E-state index contributed by atoms with van der Waals surface area (Å²) in [7, 11) is 0. The monoisotopic (exact) mass is 444 g/mol. The molecule has 3 aromatic rings. The average molecular weight is 445 g/mol. The summed E-state index contributed by atoms with van der Waals surface area (Å²) in [5.74, 6) is 0.540. The van der Waals surface area contributed by atoms with E-state index in [2.05, 4.69) is 38.3 Å². The first kappa shape index (κ1) is 22.8. The van der Waals surface area contributed by atoms with Crippen molar-refractivity contribution in [3.8, 4) is 5.75 Å². The third-order valence-electron chi connectivity index (χ3n) is 6.04. The number of anilines is 2. The van der Waals surface area contributed by atoms with Gasteiger partial charge in [-0.05, 0) is 62.2 Å². The van der Waals surface area contributed by atoms with Gasteiger partial charge in [0.1, 0.15) is 5.75 Å². The SMILES string of the molecule is Cc1ccc(OC(C)C(=O)Nc2ccccc2N2CCN(CCc3ccncc3)CC2)cc1. The van der Waals surface area contributed by atoms with Crippen LogP contribution < -0.4 is 15.0 Å². The predicted octanol–water partition coefficient (Wildman–Crippen LogP) is 4.16. The van der Waals surface area contributed by atoms with Gasteiger partial charge in [-0.2, -0.15) is 0 Å². The maximum Gasteiger partial charge on any atom is 0.265 e. The summed E-state index contributed by atoms with van der Waals surface area (Å²) >= 11 is 0. The molecule has 1 aliphatic heterocycles. The van der Waals surface area contributed by atoms with Crippen LogP contribution in [0.1, 0.15) is 18.1 Å². The molecular formula is C27H32N4O2. The molecule has 172 valence electrons. The molecule has 1 amide bonds. The minimum absolute atomic E-state index is 0.154. The number of carbonyl (C=O) groups is 1. The van der Waals surface area contributed by atoms with Gasteiger partial charge in [-0.15, -0.1) is 0 Å². The lowest BCUT2D eigenvalue weighted by molar-refractivity contribution is -0.122. The molecule has 4 rings (SSSR count). The summed E-state index contributed by atoms with van der Waals surface area (Å²) in [5, 5.41) is 3.07. The van der Waals surface area contributed by atoms with Crippen LogP contribution in [0.4, 0.5) is 11.4 Å². The molecule has 1 fully saturated rings. The van der Waals surface area contributed by atoms with Crippen molar-refractivity contribution in [1.29, 1.82) is 0 Å². The van der Waals surface area contributed by atoms with Crippen molar-refractivity contribution < 1.29 is 9.53 Å². The van der Waals surface area contributed by atoms with E-state index in [0.717, 1.165) is 56.1 Å². The molecule has 2 aromatic carbocycles. The van der Waals surface area contributed by atoms with Gasteiger partial charge in [0.2, 0.25) is 0 Å². The number of rotatable bonds is 8. The molecule has 0 spiro atoms. The third kappa shape index (κ3) is 6.33. The van der Waals surface area contributed by atoms with Crippen molar-refractivity contribution >= 4 is 17.3 Å². The first-order chi connectivity index (χ1) is 16.1. The lowest BCUT2D eigenvalue weighted by Crippen LogP contribution is -2.47. The number of carbonyl (C=O) groups excluding carboxylic acids is 1. The number of aryl methyl sites for hydroxylation is 1. The number of benzene rings is 2. The molecule has 1 aliphatic rings. The quantitative estimate of drug-likeness (QED) is 0.565. The number of aromatic nitrogens is 1. The molecule has 6 nitrogen and oxygen atoms in total. The third-order valence-corrected chi connectivity index (χ3v) is 6.04. The van der Waals surface area contributed by atoms with Gasteiger partial charge in [0, 0.05) is 45.1 Å². The molecule has 1 N–H and O–H groups in total. The average Bonchev–Trinajstić information content (AvgIpc) is 2.85. The van der Waals surface area contributed by atoms with Gasteiger partial charge in [-0.25, -0.2) is 0 Å². The second kappa shape index (κ2) is 11.0. The summed E-state index contributed by atoms with van der Waals surface area (Å²) in [6.07, 6.45) is 4.15. The highest BCUT2D eigenvalue weighted by molar-refractivity contribution is 5.97. The van der Waals surface area contributed by atoms with E-state index in [1.165, 1.54) is 5.56 Å². The van der Waals surface area contributed by atoms with Crippen LogP contribution in [0.25, 0.3) is 0 Å². The van der Waals surface area contributed by atoms with Crippen LogP contribution in [0.3, 0.4) is 0 Å². The van der Waals surface area contributed by atoms with E-state index in [-0.39, 0.29) is 5.91 Å². The van der Waals surface area contributed by atoms with Crippen molar-refractivity contribution in [3.05, 3.63) is 84.2 Å². The van der Waals surface area contributed by atoms with Crippen molar-refractivity contribution in [3.63, 3.8) is 0 Å². The van der Waals surface area contributed by atoms with E-state index in [9.17, 15) is 4.79 Å². The fraction of sp³-hybridized carbons (Fsp3) is 0.333. The van der Waals surface area contributed by atoms with Gasteiger partial charge in [-0.3, -0.25) is 14.7 Å². The number of hydrogen-bond donors (Lipinski definition) is 1. The fourth-order valence-corrected chi connectivity index (χ4v) is 4.01. The Morgan fingerprint density at radius 1 is 1.00 bits per heavy atom. The number of amides is 1. The number of ether oxygens (including phenoxy) is 1. The molecule has 33 heavy (non-hydrogen) atoms. The molecule has 0 saturated carbocycles. The summed E-state index contributed by atoms with van der Waals surface area (Å²) in [5.41, 5.74) is 4.36. The second-order valence-corrected chi connectivity index (χ2v) is 8.51. The van der Waals surface area contributed by atoms with Crippen molar-refractivity contribution in [2.24, 2.45) is 0 Å². The summed E-state index contributed by atoms with van der Waals surface area (Å²) in [4.78, 5) is 21.8. The molecule has 1 unspecified atom stereocenters. The van der Waals surface area contributed by atoms with E-state index < -0.39 is 6.10 Å². The van der Waals surface area contributed by atoms with Crippen LogP contribution in [0.15, 0.2) is 73.1 Å². The Morgan fingerprint density at radius 3 is 2.42 bits per heavy atom. The summed E-state index contributed by atoms with van der Waals surface area (Å²) in [6, 6.07) is 19.9. The summed E-state index contributed by atoms with van der Waals surface area (Å²) in [6.45, 7) is 8.71. The molecule has 1 aromatic heterocycles. The molecular weight excluding hydrogens is 412 g/mol. The predicted molar refractivity (Wildman–Crippen MR) is 133 cm³/mol. The number of hydrogen-bond acceptors (Lipinski definition) is 5. The highest BCUT2D eigenvalue weighted by atomic mass is 16.5. The number of pyridine rings is 1. The summed E-state index contributed by atoms with van der Waals surface area (Å²) < 4.78 is 5.83. The largest absolute Gasteiger partial charge is 0.481 e. The van der Waals surface area contributed by atoms with Crippen LogP contribution in [-0.4, -0.2) is 54.6 Å². The van der Waals surface area contributed by atoms with Crippen molar-refractivity contribution in [2.45, 2.75) is 26.4 Å². The molecule has 1 atom stereocenters. The number of para-hydroxylation sites is 2. The molecule has 0 aliphatic carbocycles. The van der Waals surface area contributed by atoms with Gasteiger partial charge in [-0.1, -0.05) is 29.8 Å². The Hall–Kier alpha value is -3.38. The van der Waals surface area contributed by atoms with Crippen LogP contribution in [0.2, 0.25) is 0 Å². The smallest absolute Gasteiger partial charge is 0.265 e. The maximum atomic E-state index is 12.8. The van der Waals surface area contributed by atoms with Gasteiger partial charge >= 0.3 is 0 Å². The van der Waals surface area contributed by atoms with Crippen LogP contribution in [0, 0.1) is 6.92 Å². The van der Waals surface area contributed by atoms with Crippen LogP contribution in [0.5, 0.6) is 5.75 Å². The molecule has 1 saturated heterocycles. The van der Waals surface area contributed by atoms with E-state index >= 15 is 0 Å². The Labute approximate surface area is 196 Å². The zero-order valence-corrected chi connectivity index (χ0v) is 19.4. The first-order valence-electron chi connectivity index (χ1n) is 11.6. The van der Waals surface area contributed by atoms with E-state index in [4.69, 9.17) is 4.74 Å². The molecule has 0 bridgehead atoms. The maximum absolute atomic E-state index is 12.8. The number of piperazine rings is 1. The zero-order valence-electron chi connectivity index (χ0n) is 19.4. The number of nitrogens with one attached hydrogen (secondary N) is 1. The number of nitrogens with zero attached hydrogens (tertiary/aromatic N) is 3. The van der Waals surface area contributed by atoms with Crippen LogP contribution >= 0.6 is 0 Å². The minimum Gasteiger partial charge on any atom is -0.481 e. The Morgan fingerprint density at radius 2 is 1.70 bits per heavy atom. The minimum atomic E-state index is -0.592. The second-order valence-electron chi connectivity index (χ2n) is 8.51. The molecule has 6 heteroatoms. The lowest BCUT2D eigenvalue weighted by atomic mass is 10.1. The molecule has 0 radical (unpaired) electrons. The van der Waals surface area contributed by atoms with E-state index in [0.29, 0.717) is 5.75 Å². The Bertz CT molecular complexity index is 1030. The fourth-order valence-electron chi connectivity index (χ4n) is 4.01. The molecule has 2 heterocycles. The van der Waals surface area contributed by atoms with Gasteiger partial charge in [0.15, 0.2) is 6.10 Å². The first-order valence-corrected chi connectivity index (χ1v) is 11.6.